The highest BCUT2D eigenvalue weighted by Gasteiger charge is 2.14. The van der Waals surface area contributed by atoms with Crippen molar-refractivity contribution in [3.05, 3.63) is 11.6 Å². The Labute approximate surface area is 71.4 Å². The minimum Gasteiger partial charge on any atom is -0.466 e. The molecule has 0 saturated heterocycles. The molecule has 0 heterocycles. The second kappa shape index (κ2) is 4.04. The molecule has 0 saturated carbocycles. The van der Waals surface area contributed by atoms with Crippen molar-refractivity contribution in [3.63, 3.8) is 0 Å². The molecule has 0 radical (unpaired) electrons. The number of hydrogen-bond acceptors (Lipinski definition) is 3. The molecule has 1 aliphatic rings. The summed E-state index contributed by atoms with van der Waals surface area (Å²) < 4.78 is 4.53. The Morgan fingerprint density at radius 3 is 2.75 bits per heavy atom. The highest BCUT2D eigenvalue weighted by Crippen LogP contribution is 2.15. The second-order valence-electron chi connectivity index (χ2n) is 2.83. The lowest BCUT2D eigenvalue weighted by Gasteiger charge is -2.00. The lowest BCUT2D eigenvalue weighted by Crippen LogP contribution is -2.05. The third-order valence-corrected chi connectivity index (χ3v) is 1.90. The van der Waals surface area contributed by atoms with Crippen molar-refractivity contribution in [2.24, 2.45) is 0 Å². The van der Waals surface area contributed by atoms with Crippen LogP contribution in [0.2, 0.25) is 0 Å². The zero-order valence-corrected chi connectivity index (χ0v) is 7.13. The number of methoxy groups -OCH3 is 1. The van der Waals surface area contributed by atoms with Gasteiger partial charge in [0.15, 0.2) is 5.78 Å². The maximum Gasteiger partial charge on any atom is 0.333 e. The van der Waals surface area contributed by atoms with E-state index < -0.39 is 0 Å². The number of carbonyl (C=O) groups excluding carboxylic acids is 2. The van der Waals surface area contributed by atoms with Crippen LogP contribution in [0.3, 0.4) is 0 Å². The molecule has 1 aliphatic carbocycles. The summed E-state index contributed by atoms with van der Waals surface area (Å²) in [6.07, 6.45) is 4.40. The summed E-state index contributed by atoms with van der Waals surface area (Å²) in [5.74, 6) is -0.335. The summed E-state index contributed by atoms with van der Waals surface area (Å²) in [6.45, 7) is 0. The summed E-state index contributed by atoms with van der Waals surface area (Å²) in [5, 5.41) is 0. The van der Waals surface area contributed by atoms with Gasteiger partial charge in [-0.2, -0.15) is 0 Å². The number of esters is 1. The summed E-state index contributed by atoms with van der Waals surface area (Å²) >= 11 is 0. The number of ether oxygens (including phenoxy) is 1. The predicted octanol–water partition coefficient (Wildman–Crippen LogP) is 1.23. The Morgan fingerprint density at radius 1 is 1.42 bits per heavy atom. The average Bonchev–Trinajstić information content (AvgIpc) is 2.28. The molecule has 0 amide bonds. The van der Waals surface area contributed by atoms with Crippen molar-refractivity contribution in [1.29, 1.82) is 0 Å². The minimum absolute atomic E-state index is 0.0351. The first-order valence-corrected chi connectivity index (χ1v) is 4.06. The highest BCUT2D eigenvalue weighted by atomic mass is 16.5. The Bertz CT molecular complexity index is 228. The van der Waals surface area contributed by atoms with Gasteiger partial charge in [-0.15, -0.1) is 0 Å². The van der Waals surface area contributed by atoms with Crippen LogP contribution in [0.5, 0.6) is 0 Å². The van der Waals surface area contributed by atoms with Crippen LogP contribution in [0, 0.1) is 0 Å². The standard InChI is InChI=1S/C9H12O3/c1-12-9(11)7-4-2-3-5-8(10)6-7/h6H,2-5H2,1H3. The van der Waals surface area contributed by atoms with Crippen LogP contribution in [0.1, 0.15) is 25.7 Å². The Kier molecular flexibility index (Phi) is 3.02. The molecule has 3 nitrogen and oxygen atoms in total. The molecule has 0 aliphatic heterocycles. The van der Waals surface area contributed by atoms with Gasteiger partial charge in [-0.25, -0.2) is 4.79 Å². The number of allylic oxidation sites excluding steroid dienone is 1. The minimum atomic E-state index is -0.370. The van der Waals surface area contributed by atoms with Gasteiger partial charge in [0.1, 0.15) is 0 Å². The molecule has 66 valence electrons. The lowest BCUT2D eigenvalue weighted by molar-refractivity contribution is -0.136. The molecule has 12 heavy (non-hydrogen) atoms. The van der Waals surface area contributed by atoms with Gasteiger partial charge >= 0.3 is 5.97 Å². The van der Waals surface area contributed by atoms with Crippen molar-refractivity contribution in [1.82, 2.24) is 0 Å². The number of carbonyl (C=O) groups is 2. The van der Waals surface area contributed by atoms with E-state index in [0.717, 1.165) is 12.8 Å². The molecule has 0 unspecified atom stereocenters. The van der Waals surface area contributed by atoms with E-state index in [2.05, 4.69) is 4.74 Å². The number of hydrogen-bond donors (Lipinski definition) is 0. The number of ketones is 1. The van der Waals surface area contributed by atoms with Crippen LogP contribution < -0.4 is 0 Å². The van der Waals surface area contributed by atoms with Gasteiger partial charge < -0.3 is 4.74 Å². The van der Waals surface area contributed by atoms with Gasteiger partial charge in [0.05, 0.1) is 7.11 Å². The van der Waals surface area contributed by atoms with Crippen LogP contribution in [0.25, 0.3) is 0 Å². The summed E-state index contributed by atoms with van der Waals surface area (Å²) in [4.78, 5) is 22.1. The lowest BCUT2D eigenvalue weighted by atomic mass is 10.1. The zero-order chi connectivity index (χ0) is 8.97. The third-order valence-electron chi connectivity index (χ3n) is 1.90. The Balaban J connectivity index is 2.72. The van der Waals surface area contributed by atoms with Crippen molar-refractivity contribution in [2.75, 3.05) is 7.11 Å². The normalized spacial score (nSPS) is 18.1. The average molecular weight is 168 g/mol. The van der Waals surface area contributed by atoms with E-state index in [9.17, 15) is 9.59 Å². The van der Waals surface area contributed by atoms with Crippen LogP contribution in [0.4, 0.5) is 0 Å². The van der Waals surface area contributed by atoms with Gasteiger partial charge in [-0.1, -0.05) is 0 Å². The van der Waals surface area contributed by atoms with E-state index in [0.29, 0.717) is 18.4 Å². The van der Waals surface area contributed by atoms with E-state index in [1.165, 1.54) is 13.2 Å². The molecule has 0 aromatic carbocycles. The summed E-state index contributed by atoms with van der Waals surface area (Å²) in [6, 6.07) is 0. The maximum absolute atomic E-state index is 11.0. The fourth-order valence-electron chi connectivity index (χ4n) is 1.25. The Hall–Kier alpha value is -1.12. The molecule has 0 aromatic heterocycles. The molecule has 0 bridgehead atoms. The van der Waals surface area contributed by atoms with Crippen LogP contribution in [-0.4, -0.2) is 18.9 Å². The van der Waals surface area contributed by atoms with Crippen molar-refractivity contribution >= 4 is 11.8 Å². The predicted molar refractivity (Wildman–Crippen MR) is 43.6 cm³/mol. The van der Waals surface area contributed by atoms with Gasteiger partial charge in [0, 0.05) is 12.0 Å². The van der Waals surface area contributed by atoms with Crippen molar-refractivity contribution in [2.45, 2.75) is 25.7 Å². The molecule has 0 aromatic rings. The van der Waals surface area contributed by atoms with E-state index >= 15 is 0 Å². The fraction of sp³-hybridized carbons (Fsp3) is 0.556. The number of rotatable bonds is 1. The molecule has 3 heteroatoms. The van der Waals surface area contributed by atoms with Crippen LogP contribution in [0.15, 0.2) is 11.6 Å². The molecule has 0 fully saturated rings. The van der Waals surface area contributed by atoms with Crippen LogP contribution in [-0.2, 0) is 14.3 Å². The second-order valence-corrected chi connectivity index (χ2v) is 2.83. The van der Waals surface area contributed by atoms with E-state index in [1.54, 1.807) is 0 Å². The molecule has 0 N–H and O–H groups in total. The molecule has 0 atom stereocenters. The monoisotopic (exact) mass is 168 g/mol. The molecule has 1 rings (SSSR count). The van der Waals surface area contributed by atoms with Gasteiger partial charge in [0.2, 0.25) is 0 Å². The van der Waals surface area contributed by atoms with E-state index in [-0.39, 0.29) is 11.8 Å². The quantitative estimate of drug-likeness (QED) is 0.553. The largest absolute Gasteiger partial charge is 0.466 e. The van der Waals surface area contributed by atoms with E-state index in [1.807, 2.05) is 0 Å². The van der Waals surface area contributed by atoms with E-state index in [4.69, 9.17) is 0 Å². The maximum atomic E-state index is 11.0. The van der Waals surface area contributed by atoms with Crippen molar-refractivity contribution < 1.29 is 14.3 Å². The molecular weight excluding hydrogens is 156 g/mol. The third kappa shape index (κ3) is 2.19. The van der Waals surface area contributed by atoms with Gasteiger partial charge in [-0.3, -0.25) is 4.79 Å². The van der Waals surface area contributed by atoms with Crippen LogP contribution >= 0.6 is 0 Å². The smallest absolute Gasteiger partial charge is 0.333 e. The fourth-order valence-corrected chi connectivity index (χ4v) is 1.25. The highest BCUT2D eigenvalue weighted by molar-refractivity contribution is 5.99. The Morgan fingerprint density at radius 2 is 2.08 bits per heavy atom. The van der Waals surface area contributed by atoms with Gasteiger partial charge in [-0.05, 0) is 25.3 Å². The zero-order valence-electron chi connectivity index (χ0n) is 7.13. The molecular formula is C9H12O3. The van der Waals surface area contributed by atoms with Gasteiger partial charge in [0.25, 0.3) is 0 Å². The first-order valence-electron chi connectivity index (χ1n) is 4.06. The SMILES string of the molecule is COC(=O)C1=CC(=O)CCCC1. The van der Waals surface area contributed by atoms with Crippen molar-refractivity contribution in [3.8, 4) is 0 Å². The topological polar surface area (TPSA) is 43.4 Å². The summed E-state index contributed by atoms with van der Waals surface area (Å²) in [5.41, 5.74) is 0.514. The summed E-state index contributed by atoms with van der Waals surface area (Å²) in [7, 11) is 1.33. The first-order chi connectivity index (χ1) is 5.74. The first kappa shape index (κ1) is 8.97. The molecule has 0 spiro atoms.